The van der Waals surface area contributed by atoms with Gasteiger partial charge >= 0.3 is 0 Å². The maximum atomic E-state index is 5.97. The molecule has 1 saturated carbocycles. The average molecular weight is 225 g/mol. The molecule has 2 rings (SSSR count). The highest BCUT2D eigenvalue weighted by Crippen LogP contribution is 2.30. The number of rotatable bonds is 4. The summed E-state index contributed by atoms with van der Waals surface area (Å²) < 4.78 is 5.97. The van der Waals surface area contributed by atoms with E-state index in [0.29, 0.717) is 6.10 Å². The lowest BCUT2D eigenvalue weighted by molar-refractivity contribution is -0.0144. The zero-order valence-corrected chi connectivity index (χ0v) is 11.1. The second-order valence-electron chi connectivity index (χ2n) is 6.48. The molecule has 0 spiro atoms. The zero-order chi connectivity index (χ0) is 11.6. The molecule has 1 N–H and O–H groups in total. The van der Waals surface area contributed by atoms with E-state index >= 15 is 0 Å². The van der Waals surface area contributed by atoms with Crippen LogP contribution in [0.25, 0.3) is 0 Å². The number of nitrogens with one attached hydrogen (secondary N) is 1. The van der Waals surface area contributed by atoms with Gasteiger partial charge in [-0.25, -0.2) is 0 Å². The summed E-state index contributed by atoms with van der Waals surface area (Å²) >= 11 is 0. The predicted octanol–water partition coefficient (Wildman–Crippen LogP) is 2.97. The SMILES string of the molecule is CC1CCC(CNCC2CCC(C)(C)O2)C1. The molecule has 2 nitrogen and oxygen atoms in total. The Morgan fingerprint density at radius 1 is 1.19 bits per heavy atom. The smallest absolute Gasteiger partial charge is 0.0707 e. The highest BCUT2D eigenvalue weighted by molar-refractivity contribution is 4.82. The van der Waals surface area contributed by atoms with Crippen molar-refractivity contribution in [2.24, 2.45) is 11.8 Å². The van der Waals surface area contributed by atoms with Gasteiger partial charge in [0.15, 0.2) is 0 Å². The van der Waals surface area contributed by atoms with Crippen LogP contribution in [-0.2, 0) is 4.74 Å². The molecule has 0 bridgehead atoms. The van der Waals surface area contributed by atoms with Crippen molar-refractivity contribution in [2.45, 2.75) is 64.6 Å². The molecular formula is C14H27NO. The summed E-state index contributed by atoms with van der Waals surface area (Å²) in [5, 5.41) is 3.60. The molecule has 16 heavy (non-hydrogen) atoms. The molecule has 1 saturated heterocycles. The van der Waals surface area contributed by atoms with Gasteiger partial charge in [0.25, 0.3) is 0 Å². The average Bonchev–Trinajstić information content (AvgIpc) is 2.73. The Labute approximate surface area is 100 Å². The van der Waals surface area contributed by atoms with Gasteiger partial charge in [0.1, 0.15) is 0 Å². The van der Waals surface area contributed by atoms with Gasteiger partial charge in [-0.15, -0.1) is 0 Å². The molecule has 1 aliphatic heterocycles. The second kappa shape index (κ2) is 5.05. The van der Waals surface area contributed by atoms with Crippen LogP contribution < -0.4 is 5.32 Å². The van der Waals surface area contributed by atoms with Gasteiger partial charge in [0, 0.05) is 6.54 Å². The van der Waals surface area contributed by atoms with E-state index in [4.69, 9.17) is 4.74 Å². The molecule has 1 aliphatic carbocycles. The predicted molar refractivity (Wildman–Crippen MR) is 67.6 cm³/mol. The van der Waals surface area contributed by atoms with Crippen LogP contribution in [0, 0.1) is 11.8 Å². The number of hydrogen-bond donors (Lipinski definition) is 1. The van der Waals surface area contributed by atoms with Crippen LogP contribution in [0.15, 0.2) is 0 Å². The van der Waals surface area contributed by atoms with Gasteiger partial charge < -0.3 is 10.1 Å². The maximum absolute atomic E-state index is 5.97. The molecule has 0 aromatic rings. The van der Waals surface area contributed by atoms with Crippen LogP contribution >= 0.6 is 0 Å². The van der Waals surface area contributed by atoms with Crippen molar-refractivity contribution < 1.29 is 4.74 Å². The Kier molecular flexibility index (Phi) is 3.91. The van der Waals surface area contributed by atoms with E-state index in [0.717, 1.165) is 18.4 Å². The normalized spacial score (nSPS) is 38.1. The molecule has 94 valence electrons. The van der Waals surface area contributed by atoms with E-state index in [1.165, 1.54) is 38.6 Å². The lowest BCUT2D eigenvalue weighted by Crippen LogP contribution is -2.32. The summed E-state index contributed by atoms with van der Waals surface area (Å²) in [4.78, 5) is 0. The molecule has 0 amide bonds. The van der Waals surface area contributed by atoms with E-state index in [9.17, 15) is 0 Å². The first-order valence-electron chi connectivity index (χ1n) is 6.94. The fourth-order valence-electron chi connectivity index (χ4n) is 3.18. The molecule has 0 aromatic carbocycles. The first-order chi connectivity index (χ1) is 7.55. The zero-order valence-electron chi connectivity index (χ0n) is 11.1. The Morgan fingerprint density at radius 2 is 2.00 bits per heavy atom. The lowest BCUT2D eigenvalue weighted by Gasteiger charge is -2.20. The largest absolute Gasteiger partial charge is 0.371 e. The van der Waals surface area contributed by atoms with E-state index in [-0.39, 0.29) is 5.60 Å². The standard InChI is InChI=1S/C14H27NO/c1-11-4-5-12(8-11)9-15-10-13-6-7-14(2,3)16-13/h11-13,15H,4-10H2,1-3H3. The van der Waals surface area contributed by atoms with Crippen molar-refractivity contribution in [3.8, 4) is 0 Å². The first kappa shape index (κ1) is 12.4. The van der Waals surface area contributed by atoms with Crippen LogP contribution in [0.3, 0.4) is 0 Å². The molecule has 3 atom stereocenters. The van der Waals surface area contributed by atoms with Crippen molar-refractivity contribution in [3.63, 3.8) is 0 Å². The van der Waals surface area contributed by atoms with Crippen molar-refractivity contribution in [2.75, 3.05) is 13.1 Å². The number of ether oxygens (including phenoxy) is 1. The van der Waals surface area contributed by atoms with E-state index < -0.39 is 0 Å². The summed E-state index contributed by atoms with van der Waals surface area (Å²) in [6, 6.07) is 0. The lowest BCUT2D eigenvalue weighted by atomic mass is 10.1. The molecule has 1 heterocycles. The van der Waals surface area contributed by atoms with Crippen molar-refractivity contribution >= 4 is 0 Å². The summed E-state index contributed by atoms with van der Waals surface area (Å²) in [6.07, 6.45) is 7.16. The van der Waals surface area contributed by atoms with E-state index in [2.05, 4.69) is 26.1 Å². The van der Waals surface area contributed by atoms with E-state index in [1.807, 2.05) is 0 Å². The monoisotopic (exact) mass is 225 g/mol. The molecule has 2 aliphatic rings. The van der Waals surface area contributed by atoms with Gasteiger partial charge in [-0.1, -0.05) is 13.3 Å². The molecule has 0 radical (unpaired) electrons. The van der Waals surface area contributed by atoms with Crippen LogP contribution in [0.2, 0.25) is 0 Å². The number of hydrogen-bond acceptors (Lipinski definition) is 2. The first-order valence-corrected chi connectivity index (χ1v) is 6.94. The maximum Gasteiger partial charge on any atom is 0.0707 e. The van der Waals surface area contributed by atoms with Gasteiger partial charge in [0.05, 0.1) is 11.7 Å². The Balaban J connectivity index is 1.58. The van der Waals surface area contributed by atoms with Crippen molar-refractivity contribution in [1.82, 2.24) is 5.32 Å². The molecule has 3 unspecified atom stereocenters. The minimum Gasteiger partial charge on any atom is -0.371 e. The third kappa shape index (κ3) is 3.46. The van der Waals surface area contributed by atoms with Gasteiger partial charge in [-0.3, -0.25) is 0 Å². The molecule has 0 aromatic heterocycles. The minimum absolute atomic E-state index is 0.119. The quantitative estimate of drug-likeness (QED) is 0.794. The Morgan fingerprint density at radius 3 is 2.56 bits per heavy atom. The highest BCUT2D eigenvalue weighted by Gasteiger charge is 2.31. The fourth-order valence-corrected chi connectivity index (χ4v) is 3.18. The fraction of sp³-hybridized carbons (Fsp3) is 1.00. The van der Waals surface area contributed by atoms with Gasteiger partial charge in [-0.05, 0) is 57.9 Å². The van der Waals surface area contributed by atoms with Crippen LogP contribution in [-0.4, -0.2) is 24.8 Å². The minimum atomic E-state index is 0.119. The van der Waals surface area contributed by atoms with E-state index in [1.54, 1.807) is 0 Å². The third-order valence-electron chi connectivity index (χ3n) is 4.16. The van der Waals surface area contributed by atoms with Gasteiger partial charge in [-0.2, -0.15) is 0 Å². The van der Waals surface area contributed by atoms with Crippen LogP contribution in [0.1, 0.15) is 52.9 Å². The van der Waals surface area contributed by atoms with Gasteiger partial charge in [0.2, 0.25) is 0 Å². The Bertz CT molecular complexity index is 227. The topological polar surface area (TPSA) is 21.3 Å². The highest BCUT2D eigenvalue weighted by atomic mass is 16.5. The summed E-state index contributed by atoms with van der Waals surface area (Å²) in [7, 11) is 0. The van der Waals surface area contributed by atoms with Crippen LogP contribution in [0.5, 0.6) is 0 Å². The van der Waals surface area contributed by atoms with Crippen molar-refractivity contribution in [3.05, 3.63) is 0 Å². The molecule has 2 heteroatoms. The Hall–Kier alpha value is -0.0800. The summed E-state index contributed by atoms with van der Waals surface area (Å²) in [5.74, 6) is 1.87. The summed E-state index contributed by atoms with van der Waals surface area (Å²) in [6.45, 7) is 9.03. The van der Waals surface area contributed by atoms with Crippen molar-refractivity contribution in [1.29, 1.82) is 0 Å². The molecular weight excluding hydrogens is 198 g/mol. The third-order valence-corrected chi connectivity index (χ3v) is 4.16. The molecule has 2 fully saturated rings. The summed E-state index contributed by atoms with van der Waals surface area (Å²) in [5.41, 5.74) is 0.119. The van der Waals surface area contributed by atoms with Crippen LogP contribution in [0.4, 0.5) is 0 Å². The second-order valence-corrected chi connectivity index (χ2v) is 6.48.